The van der Waals surface area contributed by atoms with Crippen LogP contribution in [0.4, 0.5) is 5.95 Å². The molecule has 6 nitrogen and oxygen atoms in total. The number of benzene rings is 1. The topological polar surface area (TPSA) is 90.4 Å². The van der Waals surface area contributed by atoms with Gasteiger partial charge in [-0.25, -0.2) is 10.4 Å². The van der Waals surface area contributed by atoms with Gasteiger partial charge in [-0.2, -0.15) is 5.10 Å². The number of hydrazone groups is 1. The molecular formula is C11H8Br2N4O2. The highest BCUT2D eigenvalue weighted by molar-refractivity contribution is 9.11. The van der Waals surface area contributed by atoms with Crippen molar-refractivity contribution in [3.8, 4) is 5.75 Å². The van der Waals surface area contributed by atoms with Gasteiger partial charge < -0.3 is 5.11 Å². The number of halogens is 2. The van der Waals surface area contributed by atoms with Gasteiger partial charge in [0.25, 0.3) is 5.56 Å². The number of anilines is 1. The third-order valence-corrected chi connectivity index (χ3v) is 3.30. The van der Waals surface area contributed by atoms with Gasteiger partial charge in [0.2, 0.25) is 5.95 Å². The van der Waals surface area contributed by atoms with Crippen LogP contribution in [-0.2, 0) is 0 Å². The summed E-state index contributed by atoms with van der Waals surface area (Å²) in [5.41, 5.74) is 3.09. The lowest BCUT2D eigenvalue weighted by molar-refractivity contribution is 0.468. The molecule has 0 aliphatic carbocycles. The highest BCUT2D eigenvalue weighted by Gasteiger charge is 2.04. The Morgan fingerprint density at radius 2 is 2.05 bits per heavy atom. The minimum Gasteiger partial charge on any atom is -0.506 e. The second-order valence-corrected chi connectivity index (χ2v) is 5.19. The normalized spacial score (nSPS) is 10.8. The Bertz CT molecular complexity index is 661. The smallest absolute Gasteiger partial charge is 0.252 e. The van der Waals surface area contributed by atoms with E-state index in [1.165, 1.54) is 18.5 Å². The number of phenols is 1. The largest absolute Gasteiger partial charge is 0.506 e. The Labute approximate surface area is 124 Å². The van der Waals surface area contributed by atoms with Crippen molar-refractivity contribution in [2.45, 2.75) is 0 Å². The zero-order chi connectivity index (χ0) is 13.8. The standard InChI is InChI=1S/C11H8Br2N4O2/c12-7-3-6(4-8(13)10(7)19)5-15-17-11-14-2-1-9(18)16-11/h1-5,19H,(H2,14,16,17,18). The summed E-state index contributed by atoms with van der Waals surface area (Å²) in [6, 6.07) is 4.71. The second-order valence-electron chi connectivity index (χ2n) is 3.49. The fraction of sp³-hybridized carbons (Fsp3) is 0. The van der Waals surface area contributed by atoms with E-state index in [0.29, 0.717) is 8.95 Å². The van der Waals surface area contributed by atoms with E-state index in [-0.39, 0.29) is 17.3 Å². The molecule has 0 unspecified atom stereocenters. The zero-order valence-corrected chi connectivity index (χ0v) is 12.6. The lowest BCUT2D eigenvalue weighted by Gasteiger charge is -2.02. The van der Waals surface area contributed by atoms with Crippen molar-refractivity contribution in [1.29, 1.82) is 0 Å². The minimum absolute atomic E-state index is 0.124. The third-order valence-electron chi connectivity index (χ3n) is 2.09. The molecule has 1 aromatic heterocycles. The number of H-pyrrole nitrogens is 1. The van der Waals surface area contributed by atoms with Gasteiger partial charge in [-0.3, -0.25) is 9.78 Å². The van der Waals surface area contributed by atoms with E-state index < -0.39 is 0 Å². The molecule has 0 aliphatic heterocycles. The molecule has 0 amide bonds. The van der Waals surface area contributed by atoms with Gasteiger partial charge in [0.1, 0.15) is 5.75 Å². The van der Waals surface area contributed by atoms with Gasteiger partial charge in [-0.05, 0) is 49.6 Å². The van der Waals surface area contributed by atoms with Crippen molar-refractivity contribution in [2.75, 3.05) is 5.43 Å². The minimum atomic E-state index is -0.261. The first-order chi connectivity index (χ1) is 9.06. The van der Waals surface area contributed by atoms with Crippen molar-refractivity contribution in [1.82, 2.24) is 9.97 Å². The molecule has 2 rings (SSSR count). The molecule has 3 N–H and O–H groups in total. The van der Waals surface area contributed by atoms with E-state index in [0.717, 1.165) is 5.56 Å². The first-order valence-electron chi connectivity index (χ1n) is 5.08. The summed E-state index contributed by atoms with van der Waals surface area (Å²) >= 11 is 6.44. The van der Waals surface area contributed by atoms with E-state index in [1.54, 1.807) is 12.1 Å². The molecule has 98 valence electrons. The first-order valence-corrected chi connectivity index (χ1v) is 6.67. The van der Waals surface area contributed by atoms with Crippen LogP contribution in [0.5, 0.6) is 5.75 Å². The van der Waals surface area contributed by atoms with Gasteiger partial charge in [0.05, 0.1) is 15.2 Å². The maximum Gasteiger partial charge on any atom is 0.252 e. The highest BCUT2D eigenvalue weighted by Crippen LogP contribution is 2.32. The molecule has 0 saturated carbocycles. The van der Waals surface area contributed by atoms with Crippen molar-refractivity contribution >= 4 is 44.0 Å². The van der Waals surface area contributed by atoms with Crippen LogP contribution in [0, 0.1) is 0 Å². The van der Waals surface area contributed by atoms with Crippen molar-refractivity contribution in [2.24, 2.45) is 5.10 Å². The van der Waals surface area contributed by atoms with E-state index in [1.807, 2.05) is 0 Å². The molecular weight excluding hydrogens is 380 g/mol. The molecule has 1 heterocycles. The van der Waals surface area contributed by atoms with Gasteiger partial charge in [-0.1, -0.05) is 0 Å². The van der Waals surface area contributed by atoms with Crippen LogP contribution in [0.15, 0.2) is 43.2 Å². The molecule has 0 fully saturated rings. The summed E-state index contributed by atoms with van der Waals surface area (Å²) in [6.07, 6.45) is 2.91. The Balaban J connectivity index is 2.13. The second kappa shape index (κ2) is 5.98. The van der Waals surface area contributed by atoms with Gasteiger partial charge >= 0.3 is 0 Å². The van der Waals surface area contributed by atoms with Crippen LogP contribution in [0.25, 0.3) is 0 Å². The SMILES string of the molecule is O=c1ccnc(NN=Cc2cc(Br)c(O)c(Br)c2)[nH]1. The number of nitrogens with zero attached hydrogens (tertiary/aromatic N) is 2. The molecule has 0 aliphatic rings. The van der Waals surface area contributed by atoms with Gasteiger partial charge in [0, 0.05) is 12.3 Å². The summed E-state index contributed by atoms with van der Waals surface area (Å²) in [7, 11) is 0. The number of aromatic amines is 1. The lowest BCUT2D eigenvalue weighted by Crippen LogP contribution is -2.07. The highest BCUT2D eigenvalue weighted by atomic mass is 79.9. The van der Waals surface area contributed by atoms with E-state index >= 15 is 0 Å². The summed E-state index contributed by atoms with van der Waals surface area (Å²) in [4.78, 5) is 17.4. The monoisotopic (exact) mass is 386 g/mol. The zero-order valence-electron chi connectivity index (χ0n) is 9.39. The summed E-state index contributed by atoms with van der Waals surface area (Å²) in [5.74, 6) is 0.375. The number of hydrogen-bond donors (Lipinski definition) is 3. The average molecular weight is 388 g/mol. The number of phenolic OH excluding ortho intramolecular Hbond substituents is 1. The number of rotatable bonds is 3. The Morgan fingerprint density at radius 1 is 1.37 bits per heavy atom. The van der Waals surface area contributed by atoms with E-state index in [9.17, 15) is 9.90 Å². The van der Waals surface area contributed by atoms with Crippen LogP contribution < -0.4 is 11.0 Å². The quantitative estimate of drug-likeness (QED) is 0.557. The Kier molecular flexibility index (Phi) is 4.33. The Morgan fingerprint density at radius 3 is 2.68 bits per heavy atom. The van der Waals surface area contributed by atoms with Gasteiger partial charge in [0.15, 0.2) is 0 Å². The third kappa shape index (κ3) is 3.65. The van der Waals surface area contributed by atoms with Crippen LogP contribution >= 0.6 is 31.9 Å². The van der Waals surface area contributed by atoms with E-state index in [4.69, 9.17) is 0 Å². The van der Waals surface area contributed by atoms with Crippen molar-refractivity contribution in [3.05, 3.63) is 49.3 Å². The summed E-state index contributed by atoms with van der Waals surface area (Å²) in [6.45, 7) is 0. The fourth-order valence-electron chi connectivity index (χ4n) is 1.25. The maximum absolute atomic E-state index is 11.0. The molecule has 0 atom stereocenters. The predicted molar refractivity (Wildman–Crippen MR) is 79.6 cm³/mol. The number of aromatic hydroxyl groups is 1. The van der Waals surface area contributed by atoms with Crippen LogP contribution in [0.2, 0.25) is 0 Å². The summed E-state index contributed by atoms with van der Waals surface area (Å²) < 4.78 is 1.10. The van der Waals surface area contributed by atoms with Gasteiger partial charge in [-0.15, -0.1) is 0 Å². The molecule has 0 bridgehead atoms. The molecule has 19 heavy (non-hydrogen) atoms. The van der Waals surface area contributed by atoms with Crippen molar-refractivity contribution < 1.29 is 5.11 Å². The number of nitrogens with one attached hydrogen (secondary N) is 2. The molecule has 1 aromatic carbocycles. The van der Waals surface area contributed by atoms with Crippen LogP contribution in [-0.4, -0.2) is 21.3 Å². The number of hydrogen-bond acceptors (Lipinski definition) is 5. The molecule has 0 spiro atoms. The number of aromatic nitrogens is 2. The lowest BCUT2D eigenvalue weighted by atomic mass is 10.2. The summed E-state index contributed by atoms with van der Waals surface area (Å²) in [5, 5.41) is 13.5. The fourth-order valence-corrected chi connectivity index (χ4v) is 2.48. The molecule has 0 radical (unpaired) electrons. The molecule has 8 heteroatoms. The van der Waals surface area contributed by atoms with Crippen LogP contribution in [0.3, 0.4) is 0 Å². The molecule has 0 saturated heterocycles. The first kappa shape index (κ1) is 13.8. The maximum atomic E-state index is 11.0. The van der Waals surface area contributed by atoms with Crippen molar-refractivity contribution in [3.63, 3.8) is 0 Å². The predicted octanol–water partition coefficient (Wildman–Crippen LogP) is 2.45. The Hall–Kier alpha value is -1.67. The molecule has 2 aromatic rings. The average Bonchev–Trinajstić information content (AvgIpc) is 2.36. The van der Waals surface area contributed by atoms with E-state index in [2.05, 4.69) is 52.4 Å². The van der Waals surface area contributed by atoms with Crippen LogP contribution in [0.1, 0.15) is 5.56 Å².